The van der Waals surface area contributed by atoms with Crippen molar-refractivity contribution in [3.63, 3.8) is 0 Å². The molecule has 3 heterocycles. The number of halogens is 8. The van der Waals surface area contributed by atoms with Crippen molar-refractivity contribution in [2.45, 2.75) is 37.5 Å². The zero-order valence-electron chi connectivity index (χ0n) is 16.3. The largest absolute Gasteiger partial charge is 0.435 e. The summed E-state index contributed by atoms with van der Waals surface area (Å²) >= 11 is 12.8. The van der Waals surface area contributed by atoms with Crippen LogP contribution in [0.1, 0.15) is 32.1 Å². The van der Waals surface area contributed by atoms with Crippen LogP contribution in [-0.4, -0.2) is 35.5 Å². The standard InChI is InChI=1S/C19H13Cl2F6N3O2S/c20-11-2-10(3-12(21)4-11)17(19(25,26)27)5-15(29-32-17)30-6-9-1-13(33-14(9)7-30)16(31)28-8-18(22,23)24/h1-4H,5-8H2,(H,28,31). The van der Waals surface area contributed by atoms with E-state index in [4.69, 9.17) is 28.0 Å². The summed E-state index contributed by atoms with van der Waals surface area (Å²) in [7, 11) is 0. The smallest absolute Gasteiger partial charge is 0.372 e. The Kier molecular flexibility index (Phi) is 5.98. The highest BCUT2D eigenvalue weighted by Crippen LogP contribution is 2.50. The Morgan fingerprint density at radius 3 is 2.36 bits per heavy atom. The molecule has 1 aromatic carbocycles. The highest BCUT2D eigenvalue weighted by Gasteiger charge is 2.63. The molecule has 5 nitrogen and oxygen atoms in total. The van der Waals surface area contributed by atoms with Gasteiger partial charge in [0.15, 0.2) is 0 Å². The van der Waals surface area contributed by atoms with Gasteiger partial charge in [-0.05, 0) is 29.8 Å². The van der Waals surface area contributed by atoms with Crippen molar-refractivity contribution in [2.24, 2.45) is 5.16 Å². The number of nitrogens with one attached hydrogen (secondary N) is 1. The van der Waals surface area contributed by atoms with Crippen molar-refractivity contribution >= 4 is 46.3 Å². The zero-order valence-corrected chi connectivity index (χ0v) is 18.6. The number of carbonyl (C=O) groups excluding carboxylic acids is 1. The van der Waals surface area contributed by atoms with Crippen molar-refractivity contribution in [3.05, 3.63) is 55.2 Å². The number of alkyl halides is 6. The molecule has 0 bridgehead atoms. The number of nitrogens with zero attached hydrogens (tertiary/aromatic N) is 2. The molecule has 1 amide bonds. The van der Waals surface area contributed by atoms with Crippen LogP contribution >= 0.6 is 34.5 Å². The summed E-state index contributed by atoms with van der Waals surface area (Å²) < 4.78 is 79.2. The third-order valence-corrected chi connectivity index (χ3v) is 6.73. The molecule has 4 rings (SSSR count). The van der Waals surface area contributed by atoms with Crippen LogP contribution in [0.5, 0.6) is 0 Å². The molecular formula is C19H13Cl2F6N3O2S. The van der Waals surface area contributed by atoms with E-state index in [1.165, 1.54) is 12.1 Å². The maximum Gasteiger partial charge on any atom is 0.435 e. The van der Waals surface area contributed by atoms with Gasteiger partial charge >= 0.3 is 12.4 Å². The van der Waals surface area contributed by atoms with Crippen LogP contribution < -0.4 is 5.32 Å². The lowest BCUT2D eigenvalue weighted by Gasteiger charge is -2.30. The Balaban J connectivity index is 1.49. The Hall–Kier alpha value is -2.18. The molecule has 2 aliphatic heterocycles. The monoisotopic (exact) mass is 531 g/mol. The highest BCUT2D eigenvalue weighted by atomic mass is 35.5. The number of oxime groups is 1. The molecule has 178 valence electrons. The second-order valence-electron chi connectivity index (χ2n) is 7.47. The second-order valence-corrected chi connectivity index (χ2v) is 9.48. The van der Waals surface area contributed by atoms with Gasteiger partial charge in [-0.25, -0.2) is 0 Å². The van der Waals surface area contributed by atoms with E-state index in [1.807, 2.05) is 0 Å². The predicted octanol–water partition coefficient (Wildman–Crippen LogP) is 5.85. The average Bonchev–Trinajstić information content (AvgIpc) is 3.37. The van der Waals surface area contributed by atoms with E-state index in [9.17, 15) is 31.1 Å². The van der Waals surface area contributed by atoms with E-state index < -0.39 is 36.8 Å². The zero-order chi connectivity index (χ0) is 24.2. The van der Waals surface area contributed by atoms with Crippen molar-refractivity contribution in [1.29, 1.82) is 0 Å². The number of thiophene rings is 1. The summed E-state index contributed by atoms with van der Waals surface area (Å²) in [6.07, 6.45) is -9.99. The van der Waals surface area contributed by atoms with Gasteiger partial charge in [0.1, 0.15) is 12.4 Å². The summed E-state index contributed by atoms with van der Waals surface area (Å²) in [4.78, 5) is 19.2. The van der Waals surface area contributed by atoms with Gasteiger partial charge in [-0.1, -0.05) is 28.4 Å². The van der Waals surface area contributed by atoms with Crippen molar-refractivity contribution in [2.75, 3.05) is 6.54 Å². The van der Waals surface area contributed by atoms with E-state index in [1.54, 1.807) is 10.2 Å². The molecular weight excluding hydrogens is 519 g/mol. The first-order chi connectivity index (χ1) is 15.3. The number of rotatable bonds is 3. The number of amidine groups is 1. The first-order valence-corrected chi connectivity index (χ1v) is 10.8. The Labute approximate surface area is 196 Å². The second kappa shape index (κ2) is 8.24. The molecule has 0 radical (unpaired) electrons. The fraction of sp³-hybridized carbons (Fsp3) is 0.368. The fourth-order valence-corrected chi connectivity index (χ4v) is 5.21. The van der Waals surface area contributed by atoms with Gasteiger partial charge in [0.05, 0.1) is 17.8 Å². The first-order valence-electron chi connectivity index (χ1n) is 9.27. The molecule has 1 aromatic heterocycles. The summed E-state index contributed by atoms with van der Waals surface area (Å²) in [5, 5.41) is 5.50. The number of hydrogen-bond acceptors (Lipinski definition) is 5. The van der Waals surface area contributed by atoms with Gasteiger partial charge in [0.2, 0.25) is 0 Å². The number of benzene rings is 1. The Morgan fingerprint density at radius 1 is 1.12 bits per heavy atom. The maximum atomic E-state index is 14.1. The van der Waals surface area contributed by atoms with Crippen molar-refractivity contribution in [1.82, 2.24) is 10.2 Å². The molecule has 1 atom stereocenters. The van der Waals surface area contributed by atoms with E-state index in [0.717, 1.165) is 23.5 Å². The van der Waals surface area contributed by atoms with Crippen LogP contribution in [-0.2, 0) is 23.5 Å². The molecule has 2 aromatic rings. The number of hydrogen-bond donors (Lipinski definition) is 1. The predicted molar refractivity (Wildman–Crippen MR) is 109 cm³/mol. The lowest BCUT2D eigenvalue weighted by Crippen LogP contribution is -2.43. The number of fused-ring (bicyclic) bond motifs is 1. The molecule has 14 heteroatoms. The Bertz CT molecular complexity index is 1090. The minimum absolute atomic E-state index is 0.0119. The minimum atomic E-state index is -4.83. The molecule has 0 fully saturated rings. The quantitative estimate of drug-likeness (QED) is 0.505. The minimum Gasteiger partial charge on any atom is -0.372 e. The molecule has 0 aliphatic carbocycles. The molecule has 1 unspecified atom stereocenters. The van der Waals surface area contributed by atoms with Crippen molar-refractivity contribution in [3.8, 4) is 0 Å². The SMILES string of the molecule is O=C(NCC(F)(F)F)c1cc2c(s1)CN(C1=NOC(c3cc(Cl)cc(Cl)c3)(C(F)(F)F)C1)C2. The summed E-state index contributed by atoms with van der Waals surface area (Å²) in [6.45, 7) is -1.19. The van der Waals surface area contributed by atoms with Crippen molar-refractivity contribution < 1.29 is 36.0 Å². The summed E-state index contributed by atoms with van der Waals surface area (Å²) in [5.41, 5.74) is -2.44. The molecule has 1 N–H and O–H groups in total. The van der Waals surface area contributed by atoms with Crippen LogP contribution in [0.15, 0.2) is 29.4 Å². The van der Waals surface area contributed by atoms with Gasteiger partial charge in [-0.3, -0.25) is 4.79 Å². The van der Waals surface area contributed by atoms with Crippen LogP contribution in [0.2, 0.25) is 10.0 Å². The third kappa shape index (κ3) is 4.73. The molecule has 0 saturated carbocycles. The van der Waals surface area contributed by atoms with Crippen LogP contribution in [0.4, 0.5) is 26.3 Å². The van der Waals surface area contributed by atoms with Gasteiger partial charge in [-0.15, -0.1) is 11.3 Å². The van der Waals surface area contributed by atoms with Crippen LogP contribution in [0.25, 0.3) is 0 Å². The van der Waals surface area contributed by atoms with E-state index in [-0.39, 0.29) is 39.4 Å². The number of amides is 1. The fourth-order valence-electron chi connectivity index (χ4n) is 3.58. The van der Waals surface area contributed by atoms with Crippen LogP contribution in [0, 0.1) is 0 Å². The summed E-state index contributed by atoms with van der Waals surface area (Å²) in [5.74, 6) is -0.830. The number of carbonyl (C=O) groups is 1. The molecule has 0 spiro atoms. The lowest BCUT2D eigenvalue weighted by molar-refractivity contribution is -0.275. The summed E-state index contributed by atoms with van der Waals surface area (Å²) in [6, 6.07) is 4.96. The normalized spacial score (nSPS) is 20.5. The van der Waals surface area contributed by atoms with Crippen LogP contribution in [0.3, 0.4) is 0 Å². The molecule has 0 saturated heterocycles. The Morgan fingerprint density at radius 2 is 1.79 bits per heavy atom. The third-order valence-electron chi connectivity index (χ3n) is 5.13. The average molecular weight is 532 g/mol. The highest BCUT2D eigenvalue weighted by molar-refractivity contribution is 7.14. The molecule has 33 heavy (non-hydrogen) atoms. The van der Waals surface area contributed by atoms with E-state index >= 15 is 0 Å². The lowest BCUT2D eigenvalue weighted by atomic mass is 9.89. The van der Waals surface area contributed by atoms with Gasteiger partial charge in [0, 0.05) is 27.0 Å². The molecule has 2 aliphatic rings. The van der Waals surface area contributed by atoms with Gasteiger partial charge in [-0.2, -0.15) is 26.3 Å². The maximum absolute atomic E-state index is 14.1. The topological polar surface area (TPSA) is 53.9 Å². The van der Waals surface area contributed by atoms with Gasteiger partial charge in [0.25, 0.3) is 11.5 Å². The van der Waals surface area contributed by atoms with Gasteiger partial charge < -0.3 is 15.1 Å². The van der Waals surface area contributed by atoms with E-state index in [0.29, 0.717) is 10.4 Å². The first kappa shape index (κ1) is 24.0. The van der Waals surface area contributed by atoms with E-state index in [2.05, 4.69) is 5.16 Å².